The van der Waals surface area contributed by atoms with Crippen LogP contribution in [0.3, 0.4) is 0 Å². The monoisotopic (exact) mass is 188 g/mol. The second-order valence-electron chi connectivity index (χ2n) is 1.69. The van der Waals surface area contributed by atoms with Crippen LogP contribution in [-0.4, -0.2) is 4.98 Å². The third-order valence-electron chi connectivity index (χ3n) is 1.05. The summed E-state index contributed by atoms with van der Waals surface area (Å²) in [4.78, 5) is 5.22. The molecule has 0 unspecified atom stereocenters. The SMILES string of the molecule is CC.CC.Cc1nc(N)sc1C. The predicted octanol–water partition coefficient (Wildman–Crippen LogP) is 3.39. The smallest absolute Gasteiger partial charge is 0.180 e. The molecule has 0 aliphatic carbocycles. The van der Waals surface area contributed by atoms with E-state index in [1.54, 1.807) is 0 Å². The van der Waals surface area contributed by atoms with Crippen molar-refractivity contribution in [3.05, 3.63) is 10.6 Å². The lowest BCUT2D eigenvalue weighted by molar-refractivity contribution is 1.24. The van der Waals surface area contributed by atoms with Gasteiger partial charge in [-0.3, -0.25) is 0 Å². The molecule has 0 aliphatic heterocycles. The Morgan fingerprint density at radius 3 is 1.58 bits per heavy atom. The second-order valence-corrected chi connectivity index (χ2v) is 2.93. The van der Waals surface area contributed by atoms with Crippen molar-refractivity contribution in [3.8, 4) is 0 Å². The van der Waals surface area contributed by atoms with Crippen molar-refractivity contribution in [2.24, 2.45) is 0 Å². The summed E-state index contributed by atoms with van der Waals surface area (Å²) < 4.78 is 0. The minimum Gasteiger partial charge on any atom is -0.375 e. The van der Waals surface area contributed by atoms with Crippen molar-refractivity contribution in [2.45, 2.75) is 41.5 Å². The standard InChI is InChI=1S/C5H8N2S.2C2H6/c1-3-4(2)8-5(6)7-3;2*1-2/h1-2H3,(H2,6,7);2*1-2H3. The maximum absolute atomic E-state index is 5.39. The number of anilines is 1. The first kappa shape index (κ1) is 14.0. The number of nitrogens with two attached hydrogens (primary N) is 1. The first-order valence-electron chi connectivity index (χ1n) is 4.39. The van der Waals surface area contributed by atoms with Crippen LogP contribution in [0.4, 0.5) is 5.13 Å². The zero-order valence-corrected chi connectivity index (χ0v) is 9.75. The molecule has 1 aromatic rings. The molecule has 1 heterocycles. The molecule has 12 heavy (non-hydrogen) atoms. The van der Waals surface area contributed by atoms with E-state index in [0.29, 0.717) is 5.13 Å². The summed E-state index contributed by atoms with van der Waals surface area (Å²) in [6.45, 7) is 12.0. The van der Waals surface area contributed by atoms with Crippen molar-refractivity contribution in [3.63, 3.8) is 0 Å². The number of hydrogen-bond acceptors (Lipinski definition) is 3. The lowest BCUT2D eigenvalue weighted by atomic mass is 10.4. The molecule has 0 atom stereocenters. The third-order valence-corrected chi connectivity index (χ3v) is 1.95. The van der Waals surface area contributed by atoms with E-state index in [1.165, 1.54) is 16.2 Å². The summed E-state index contributed by atoms with van der Waals surface area (Å²) in [5, 5.41) is 0.667. The number of rotatable bonds is 0. The number of aromatic nitrogens is 1. The van der Waals surface area contributed by atoms with E-state index >= 15 is 0 Å². The van der Waals surface area contributed by atoms with Gasteiger partial charge in [0.05, 0.1) is 5.69 Å². The zero-order chi connectivity index (χ0) is 10.1. The average molecular weight is 188 g/mol. The minimum absolute atomic E-state index is 0.667. The number of thiazole rings is 1. The van der Waals surface area contributed by atoms with Crippen LogP contribution in [-0.2, 0) is 0 Å². The minimum atomic E-state index is 0.667. The highest BCUT2D eigenvalue weighted by atomic mass is 32.1. The van der Waals surface area contributed by atoms with Crippen LogP contribution in [0, 0.1) is 13.8 Å². The summed E-state index contributed by atoms with van der Waals surface area (Å²) >= 11 is 1.54. The molecule has 2 N–H and O–H groups in total. The van der Waals surface area contributed by atoms with E-state index in [-0.39, 0.29) is 0 Å². The van der Waals surface area contributed by atoms with Crippen molar-refractivity contribution in [1.82, 2.24) is 4.98 Å². The number of nitrogens with zero attached hydrogens (tertiary/aromatic N) is 1. The largest absolute Gasteiger partial charge is 0.375 e. The Hall–Kier alpha value is -0.570. The molecule has 0 spiro atoms. The molecule has 0 saturated carbocycles. The van der Waals surface area contributed by atoms with Gasteiger partial charge >= 0.3 is 0 Å². The molecule has 1 rings (SSSR count). The van der Waals surface area contributed by atoms with Crippen LogP contribution in [0.25, 0.3) is 0 Å². The number of aryl methyl sites for hydroxylation is 2. The first-order valence-corrected chi connectivity index (χ1v) is 5.21. The fourth-order valence-corrected chi connectivity index (χ4v) is 1.19. The molecular formula is C9H20N2S. The van der Waals surface area contributed by atoms with Gasteiger partial charge in [-0.25, -0.2) is 4.98 Å². The van der Waals surface area contributed by atoms with Gasteiger partial charge in [0.25, 0.3) is 0 Å². The average Bonchev–Trinajstić information content (AvgIpc) is 2.37. The molecular weight excluding hydrogens is 168 g/mol. The van der Waals surface area contributed by atoms with E-state index in [2.05, 4.69) is 4.98 Å². The Labute approximate surface area is 79.8 Å². The van der Waals surface area contributed by atoms with E-state index in [0.717, 1.165) is 5.69 Å². The Kier molecular flexibility index (Phi) is 9.93. The van der Waals surface area contributed by atoms with Gasteiger partial charge in [-0.2, -0.15) is 0 Å². The van der Waals surface area contributed by atoms with E-state index in [1.807, 2.05) is 41.5 Å². The van der Waals surface area contributed by atoms with E-state index in [4.69, 9.17) is 5.73 Å². The molecule has 0 aromatic carbocycles. The van der Waals surface area contributed by atoms with Gasteiger partial charge in [0.15, 0.2) is 5.13 Å². The molecule has 2 nitrogen and oxygen atoms in total. The van der Waals surface area contributed by atoms with Gasteiger partial charge in [0, 0.05) is 4.88 Å². The molecule has 0 saturated heterocycles. The van der Waals surface area contributed by atoms with E-state index < -0.39 is 0 Å². The lowest BCUT2D eigenvalue weighted by Gasteiger charge is -1.77. The molecule has 72 valence electrons. The topological polar surface area (TPSA) is 38.9 Å². The van der Waals surface area contributed by atoms with Gasteiger partial charge in [0.1, 0.15) is 0 Å². The van der Waals surface area contributed by atoms with Gasteiger partial charge in [0.2, 0.25) is 0 Å². The van der Waals surface area contributed by atoms with Gasteiger partial charge in [-0.05, 0) is 13.8 Å². The quantitative estimate of drug-likeness (QED) is 0.677. The molecule has 1 aromatic heterocycles. The van der Waals surface area contributed by atoms with Crippen LogP contribution < -0.4 is 5.73 Å². The Balaban J connectivity index is 0. The molecule has 0 radical (unpaired) electrons. The van der Waals surface area contributed by atoms with Crippen LogP contribution >= 0.6 is 11.3 Å². The molecule has 0 amide bonds. The van der Waals surface area contributed by atoms with Crippen molar-refractivity contribution >= 4 is 16.5 Å². The summed E-state index contributed by atoms with van der Waals surface area (Å²) in [7, 11) is 0. The normalized spacial score (nSPS) is 7.50. The maximum atomic E-state index is 5.39. The lowest BCUT2D eigenvalue weighted by Crippen LogP contribution is -1.80. The van der Waals surface area contributed by atoms with Crippen LogP contribution in [0.2, 0.25) is 0 Å². The highest BCUT2D eigenvalue weighted by Gasteiger charge is 1.96. The Bertz CT molecular complexity index is 175. The number of hydrogen-bond donors (Lipinski definition) is 1. The van der Waals surface area contributed by atoms with E-state index in [9.17, 15) is 0 Å². The van der Waals surface area contributed by atoms with Crippen molar-refractivity contribution in [1.29, 1.82) is 0 Å². The fraction of sp³-hybridized carbons (Fsp3) is 0.667. The van der Waals surface area contributed by atoms with Crippen LogP contribution in [0.15, 0.2) is 0 Å². The second kappa shape index (κ2) is 8.53. The van der Waals surface area contributed by atoms with Crippen molar-refractivity contribution < 1.29 is 0 Å². The number of nitrogen functional groups attached to an aromatic ring is 1. The molecule has 0 fully saturated rings. The first-order chi connectivity index (χ1) is 5.70. The Morgan fingerprint density at radius 1 is 1.08 bits per heavy atom. The molecule has 0 aliphatic rings. The summed E-state index contributed by atoms with van der Waals surface area (Å²) in [6.07, 6.45) is 0. The van der Waals surface area contributed by atoms with Crippen molar-refractivity contribution in [2.75, 3.05) is 5.73 Å². The summed E-state index contributed by atoms with van der Waals surface area (Å²) in [6, 6.07) is 0. The summed E-state index contributed by atoms with van der Waals surface area (Å²) in [5.41, 5.74) is 6.44. The van der Waals surface area contributed by atoms with Crippen LogP contribution in [0.1, 0.15) is 38.3 Å². The highest BCUT2D eigenvalue weighted by molar-refractivity contribution is 7.15. The van der Waals surface area contributed by atoms with Crippen LogP contribution in [0.5, 0.6) is 0 Å². The molecule has 0 bridgehead atoms. The van der Waals surface area contributed by atoms with Gasteiger partial charge in [-0.1, -0.05) is 27.7 Å². The summed E-state index contributed by atoms with van der Waals surface area (Å²) in [5.74, 6) is 0. The maximum Gasteiger partial charge on any atom is 0.180 e. The fourth-order valence-electron chi connectivity index (χ4n) is 0.498. The van der Waals surface area contributed by atoms with Gasteiger partial charge < -0.3 is 5.73 Å². The molecule has 3 heteroatoms. The Morgan fingerprint density at radius 2 is 1.50 bits per heavy atom. The van der Waals surface area contributed by atoms with Gasteiger partial charge in [-0.15, -0.1) is 11.3 Å². The predicted molar refractivity (Wildman–Crippen MR) is 58.7 cm³/mol. The third kappa shape index (κ3) is 5.13. The zero-order valence-electron chi connectivity index (χ0n) is 8.93. The highest BCUT2D eigenvalue weighted by Crippen LogP contribution is 2.16.